The Labute approximate surface area is 159 Å². The first-order valence-corrected chi connectivity index (χ1v) is 10.8. The van der Waals surface area contributed by atoms with Gasteiger partial charge in [0.2, 0.25) is 15.9 Å². The SMILES string of the molecule is O=C(CCN(C[C@@H]1CCCO1)S(=O)(=O)c1cccc(F)c1)N1CCNCC1. The molecule has 0 bridgehead atoms. The highest BCUT2D eigenvalue weighted by atomic mass is 32.2. The Morgan fingerprint density at radius 2 is 2.11 bits per heavy atom. The first kappa shape index (κ1) is 20.2. The van der Waals surface area contributed by atoms with Crippen molar-refractivity contribution in [3.05, 3.63) is 30.1 Å². The fraction of sp³-hybridized carbons (Fsp3) is 0.611. The predicted molar refractivity (Wildman–Crippen MR) is 98.2 cm³/mol. The van der Waals surface area contributed by atoms with Crippen molar-refractivity contribution in [1.29, 1.82) is 0 Å². The number of hydrogen-bond donors (Lipinski definition) is 1. The van der Waals surface area contributed by atoms with Gasteiger partial charge in [-0.1, -0.05) is 6.07 Å². The fourth-order valence-corrected chi connectivity index (χ4v) is 4.90. The van der Waals surface area contributed by atoms with E-state index in [1.807, 2.05) is 0 Å². The number of nitrogens with one attached hydrogen (secondary N) is 1. The summed E-state index contributed by atoms with van der Waals surface area (Å²) in [6, 6.07) is 4.96. The summed E-state index contributed by atoms with van der Waals surface area (Å²) in [6.07, 6.45) is 1.57. The van der Waals surface area contributed by atoms with Gasteiger partial charge in [-0.3, -0.25) is 4.79 Å². The Bertz CT molecular complexity index is 747. The number of rotatable bonds is 7. The molecule has 0 aliphatic carbocycles. The molecule has 2 saturated heterocycles. The number of carbonyl (C=O) groups is 1. The highest BCUT2D eigenvalue weighted by molar-refractivity contribution is 7.89. The van der Waals surface area contributed by atoms with Crippen molar-refractivity contribution in [1.82, 2.24) is 14.5 Å². The first-order chi connectivity index (χ1) is 13.0. The summed E-state index contributed by atoms with van der Waals surface area (Å²) in [7, 11) is -3.91. The Balaban J connectivity index is 1.72. The fourth-order valence-electron chi connectivity index (χ4n) is 3.39. The molecule has 0 radical (unpaired) electrons. The monoisotopic (exact) mass is 399 g/mol. The van der Waals surface area contributed by atoms with Crippen molar-refractivity contribution in [2.24, 2.45) is 0 Å². The molecule has 0 unspecified atom stereocenters. The van der Waals surface area contributed by atoms with Gasteiger partial charge in [-0.25, -0.2) is 12.8 Å². The Morgan fingerprint density at radius 1 is 1.33 bits per heavy atom. The van der Waals surface area contributed by atoms with Gasteiger partial charge in [0.15, 0.2) is 0 Å². The van der Waals surface area contributed by atoms with E-state index in [0.717, 1.165) is 32.0 Å². The van der Waals surface area contributed by atoms with Crippen LogP contribution in [0.4, 0.5) is 4.39 Å². The molecule has 2 fully saturated rings. The summed E-state index contributed by atoms with van der Waals surface area (Å²) in [4.78, 5) is 14.1. The number of amides is 1. The van der Waals surface area contributed by atoms with Crippen LogP contribution >= 0.6 is 0 Å². The molecule has 1 atom stereocenters. The summed E-state index contributed by atoms with van der Waals surface area (Å²) >= 11 is 0. The molecular weight excluding hydrogens is 373 g/mol. The molecular formula is C18H26FN3O4S. The van der Waals surface area contributed by atoms with Crippen LogP contribution < -0.4 is 5.32 Å². The zero-order valence-corrected chi connectivity index (χ0v) is 16.1. The van der Waals surface area contributed by atoms with Crippen molar-refractivity contribution in [3.63, 3.8) is 0 Å². The number of hydrogen-bond acceptors (Lipinski definition) is 5. The van der Waals surface area contributed by atoms with E-state index >= 15 is 0 Å². The Hall–Kier alpha value is -1.55. The van der Waals surface area contributed by atoms with E-state index in [-0.39, 0.29) is 36.4 Å². The van der Waals surface area contributed by atoms with Gasteiger partial charge in [0, 0.05) is 52.3 Å². The van der Waals surface area contributed by atoms with Gasteiger partial charge in [0.1, 0.15) is 5.82 Å². The molecule has 2 heterocycles. The van der Waals surface area contributed by atoms with E-state index in [2.05, 4.69) is 5.32 Å². The lowest BCUT2D eigenvalue weighted by molar-refractivity contribution is -0.131. The van der Waals surface area contributed by atoms with Crippen LogP contribution in [0.2, 0.25) is 0 Å². The van der Waals surface area contributed by atoms with Gasteiger partial charge < -0.3 is 15.0 Å². The summed E-state index contributed by atoms with van der Waals surface area (Å²) < 4.78 is 46.4. The van der Waals surface area contributed by atoms with Crippen molar-refractivity contribution in [2.45, 2.75) is 30.3 Å². The highest BCUT2D eigenvalue weighted by Crippen LogP contribution is 2.21. The maximum Gasteiger partial charge on any atom is 0.243 e. The Kier molecular flexibility index (Phi) is 6.80. The molecule has 0 saturated carbocycles. The number of piperazine rings is 1. The molecule has 0 aromatic heterocycles. The minimum absolute atomic E-state index is 0.0570. The average Bonchev–Trinajstić information content (AvgIpc) is 3.18. The summed E-state index contributed by atoms with van der Waals surface area (Å²) in [5.41, 5.74) is 0. The first-order valence-electron chi connectivity index (χ1n) is 9.32. The van der Waals surface area contributed by atoms with Gasteiger partial charge >= 0.3 is 0 Å². The van der Waals surface area contributed by atoms with Crippen LogP contribution in [0.1, 0.15) is 19.3 Å². The van der Waals surface area contributed by atoms with Crippen LogP contribution in [0.3, 0.4) is 0 Å². The number of halogens is 1. The summed E-state index contributed by atoms with van der Waals surface area (Å²) in [5, 5.41) is 3.18. The third-order valence-electron chi connectivity index (χ3n) is 4.91. The maximum absolute atomic E-state index is 13.5. The summed E-state index contributed by atoms with van der Waals surface area (Å²) in [5.74, 6) is -0.673. The highest BCUT2D eigenvalue weighted by Gasteiger charge is 2.30. The lowest BCUT2D eigenvalue weighted by Gasteiger charge is -2.29. The molecule has 1 aromatic carbocycles. The summed E-state index contributed by atoms with van der Waals surface area (Å²) in [6.45, 7) is 3.58. The van der Waals surface area contributed by atoms with Gasteiger partial charge in [0.25, 0.3) is 0 Å². The number of ether oxygens (including phenoxy) is 1. The normalized spacial score (nSPS) is 21.0. The van der Waals surface area contributed by atoms with E-state index in [4.69, 9.17) is 4.74 Å². The molecule has 1 N–H and O–H groups in total. The molecule has 2 aliphatic rings. The van der Waals surface area contributed by atoms with Crippen LogP contribution in [0, 0.1) is 5.82 Å². The third kappa shape index (κ3) is 5.25. The zero-order chi connectivity index (χ0) is 19.3. The van der Waals surface area contributed by atoms with E-state index in [0.29, 0.717) is 19.7 Å². The largest absolute Gasteiger partial charge is 0.377 e. The molecule has 9 heteroatoms. The number of sulfonamides is 1. The molecule has 1 amide bonds. The minimum Gasteiger partial charge on any atom is -0.377 e. The molecule has 0 spiro atoms. The quantitative estimate of drug-likeness (QED) is 0.734. The van der Waals surface area contributed by atoms with E-state index in [1.165, 1.54) is 22.5 Å². The third-order valence-corrected chi connectivity index (χ3v) is 6.77. The van der Waals surface area contributed by atoms with Crippen molar-refractivity contribution in [2.75, 3.05) is 45.9 Å². The molecule has 1 aromatic rings. The molecule has 7 nitrogen and oxygen atoms in total. The second-order valence-electron chi connectivity index (χ2n) is 6.84. The molecule has 2 aliphatic heterocycles. The molecule has 3 rings (SSSR count). The van der Waals surface area contributed by atoms with Crippen molar-refractivity contribution in [3.8, 4) is 0 Å². The second kappa shape index (κ2) is 9.09. The minimum atomic E-state index is -3.91. The van der Waals surface area contributed by atoms with E-state index in [9.17, 15) is 17.6 Å². The van der Waals surface area contributed by atoms with Gasteiger partial charge in [0.05, 0.1) is 11.0 Å². The van der Waals surface area contributed by atoms with Crippen molar-refractivity contribution < 1.29 is 22.3 Å². The Morgan fingerprint density at radius 3 is 2.78 bits per heavy atom. The average molecular weight is 399 g/mol. The number of benzene rings is 1. The molecule has 27 heavy (non-hydrogen) atoms. The van der Waals surface area contributed by atoms with Gasteiger partial charge in [-0.05, 0) is 31.0 Å². The van der Waals surface area contributed by atoms with Crippen LogP contribution in [0.5, 0.6) is 0 Å². The van der Waals surface area contributed by atoms with Crippen LogP contribution in [0.15, 0.2) is 29.2 Å². The van der Waals surface area contributed by atoms with Crippen LogP contribution in [-0.4, -0.2) is 75.5 Å². The zero-order valence-electron chi connectivity index (χ0n) is 15.3. The smallest absolute Gasteiger partial charge is 0.243 e. The standard InChI is InChI=1S/C18H26FN3O4S/c19-15-3-1-5-17(13-15)27(24,25)22(14-16-4-2-12-26-16)9-6-18(23)21-10-7-20-8-11-21/h1,3,5,13,16,20H,2,4,6-12,14H2/t16-/m0/s1. The maximum atomic E-state index is 13.5. The van der Waals surface area contributed by atoms with Gasteiger partial charge in [-0.15, -0.1) is 0 Å². The molecule has 150 valence electrons. The van der Waals surface area contributed by atoms with Crippen molar-refractivity contribution >= 4 is 15.9 Å². The number of carbonyl (C=O) groups excluding carboxylic acids is 1. The lowest BCUT2D eigenvalue weighted by Crippen LogP contribution is -2.47. The van der Waals surface area contributed by atoms with Crippen LogP contribution in [0.25, 0.3) is 0 Å². The number of nitrogens with zero attached hydrogens (tertiary/aromatic N) is 2. The second-order valence-corrected chi connectivity index (χ2v) is 8.77. The van der Waals surface area contributed by atoms with Gasteiger partial charge in [-0.2, -0.15) is 4.31 Å². The van der Waals surface area contributed by atoms with E-state index < -0.39 is 15.8 Å². The van der Waals surface area contributed by atoms with Crippen LogP contribution in [-0.2, 0) is 19.6 Å². The predicted octanol–water partition coefficient (Wildman–Crippen LogP) is 0.817. The lowest BCUT2D eigenvalue weighted by atomic mass is 10.2. The van der Waals surface area contributed by atoms with E-state index in [1.54, 1.807) is 4.90 Å². The topological polar surface area (TPSA) is 79.0 Å².